The van der Waals surface area contributed by atoms with Gasteiger partial charge >= 0.3 is 6.03 Å². The lowest BCUT2D eigenvalue weighted by molar-refractivity contribution is -0.119. The number of urea groups is 1. The molecule has 0 aliphatic carbocycles. The minimum Gasteiger partial charge on any atom is -0.338 e. The molecular weight excluding hydrogens is 380 g/mol. The average molecular weight is 400 g/mol. The highest BCUT2D eigenvalue weighted by Crippen LogP contribution is 2.24. The molecule has 12 heteroatoms. The zero-order chi connectivity index (χ0) is 19.5. The van der Waals surface area contributed by atoms with Gasteiger partial charge in [-0.1, -0.05) is 11.8 Å². The largest absolute Gasteiger partial charge is 0.338 e. The van der Waals surface area contributed by atoms with Crippen LogP contribution in [0.5, 0.6) is 0 Å². The van der Waals surface area contributed by atoms with Crippen LogP contribution in [-0.4, -0.2) is 65.1 Å². The summed E-state index contributed by atoms with van der Waals surface area (Å²) in [7, 11) is -0.735. The van der Waals surface area contributed by atoms with Gasteiger partial charge in [0.1, 0.15) is 0 Å². The van der Waals surface area contributed by atoms with Gasteiger partial charge in [-0.05, 0) is 26.0 Å². The van der Waals surface area contributed by atoms with Crippen molar-refractivity contribution in [1.82, 2.24) is 29.5 Å². The zero-order valence-electron chi connectivity index (χ0n) is 14.8. The second-order valence-corrected chi connectivity index (χ2v) is 8.93. The van der Waals surface area contributed by atoms with Gasteiger partial charge in [0.05, 0.1) is 10.1 Å². The topological polar surface area (TPSA) is 126 Å². The molecule has 3 amide bonds. The molecule has 0 radical (unpaired) electrons. The van der Waals surface area contributed by atoms with E-state index in [-0.39, 0.29) is 4.90 Å². The fourth-order valence-electron chi connectivity index (χ4n) is 1.92. The Hall–Kier alpha value is -2.18. The van der Waals surface area contributed by atoms with Gasteiger partial charge in [0.2, 0.25) is 15.9 Å². The minimum absolute atomic E-state index is 0.0797. The van der Waals surface area contributed by atoms with E-state index in [9.17, 15) is 18.0 Å². The van der Waals surface area contributed by atoms with Crippen LogP contribution < -0.4 is 10.6 Å². The van der Waals surface area contributed by atoms with Crippen LogP contribution in [-0.2, 0) is 14.8 Å². The molecule has 142 valence electrons. The number of sulfonamides is 1. The number of amides is 3. The number of aromatic nitrogens is 3. The first-order chi connectivity index (χ1) is 12.2. The quantitative estimate of drug-likeness (QED) is 0.668. The fraction of sp³-hybridized carbons (Fsp3) is 0.429. The molecule has 10 nitrogen and oxygen atoms in total. The number of hydrogen-bond donors (Lipinski definition) is 2. The van der Waals surface area contributed by atoms with Crippen molar-refractivity contribution in [2.45, 2.75) is 29.1 Å². The number of rotatable bonds is 6. The van der Waals surface area contributed by atoms with E-state index in [0.29, 0.717) is 17.3 Å². The van der Waals surface area contributed by atoms with Crippen LogP contribution in [0, 0.1) is 0 Å². The molecule has 0 spiro atoms. The lowest BCUT2D eigenvalue weighted by atomic mass is 10.4. The van der Waals surface area contributed by atoms with Crippen molar-refractivity contribution in [3.05, 3.63) is 18.3 Å². The van der Waals surface area contributed by atoms with E-state index in [4.69, 9.17) is 0 Å². The van der Waals surface area contributed by atoms with E-state index in [2.05, 4.69) is 20.8 Å². The third kappa shape index (κ3) is 4.31. The number of nitrogens with zero attached hydrogens (tertiary/aromatic N) is 4. The van der Waals surface area contributed by atoms with Crippen LogP contribution in [0.25, 0.3) is 5.65 Å². The van der Waals surface area contributed by atoms with Gasteiger partial charge in [-0.25, -0.2) is 17.5 Å². The third-order valence-electron chi connectivity index (χ3n) is 3.35. The molecule has 0 unspecified atom stereocenters. The first-order valence-electron chi connectivity index (χ1n) is 7.69. The number of carbonyl (C=O) groups is 2. The molecular formula is C14H20N6O4S2. The van der Waals surface area contributed by atoms with Crippen LogP contribution in [0.2, 0.25) is 0 Å². The number of thioether (sulfide) groups is 1. The minimum atomic E-state index is -3.61. The summed E-state index contributed by atoms with van der Waals surface area (Å²) in [4.78, 5) is 23.6. The van der Waals surface area contributed by atoms with Gasteiger partial charge in [0.15, 0.2) is 10.8 Å². The van der Waals surface area contributed by atoms with Crippen molar-refractivity contribution in [1.29, 1.82) is 0 Å². The summed E-state index contributed by atoms with van der Waals surface area (Å²) >= 11 is 1.06. The van der Waals surface area contributed by atoms with E-state index in [1.165, 1.54) is 36.8 Å². The highest BCUT2D eigenvalue weighted by Gasteiger charge is 2.22. The molecule has 0 saturated carbocycles. The molecule has 2 heterocycles. The second-order valence-electron chi connectivity index (χ2n) is 5.47. The van der Waals surface area contributed by atoms with Crippen LogP contribution in [0.3, 0.4) is 0 Å². The monoisotopic (exact) mass is 400 g/mol. The molecule has 2 aromatic heterocycles. The van der Waals surface area contributed by atoms with Gasteiger partial charge in [-0.15, -0.1) is 10.2 Å². The van der Waals surface area contributed by atoms with Crippen molar-refractivity contribution >= 4 is 39.4 Å². The van der Waals surface area contributed by atoms with E-state index >= 15 is 0 Å². The molecule has 0 aliphatic rings. The summed E-state index contributed by atoms with van der Waals surface area (Å²) in [6.45, 7) is 3.75. The van der Waals surface area contributed by atoms with Crippen molar-refractivity contribution in [3.8, 4) is 0 Å². The number of carbonyl (C=O) groups excluding carboxylic acids is 2. The normalized spacial score (nSPS) is 13.0. The Labute approximate surface area is 155 Å². The standard InChI is InChI=1S/C14H20N6O4S2/c1-5-15-13(22)16-12(21)9(2)25-14-18-17-11-7-6-10(8-20(11)14)26(23,24)19(3)4/h6-9H,5H2,1-4H3,(H2,15,16,21,22)/t9-/m1/s1. The van der Waals surface area contributed by atoms with Crippen LogP contribution in [0.1, 0.15) is 13.8 Å². The summed E-state index contributed by atoms with van der Waals surface area (Å²) in [6, 6.07) is 2.40. The number of fused-ring (bicyclic) bond motifs is 1. The number of nitrogens with one attached hydrogen (secondary N) is 2. The Morgan fingerprint density at radius 2 is 2.00 bits per heavy atom. The van der Waals surface area contributed by atoms with Crippen molar-refractivity contribution in [2.24, 2.45) is 0 Å². The van der Waals surface area contributed by atoms with E-state index in [0.717, 1.165) is 16.1 Å². The Morgan fingerprint density at radius 1 is 1.31 bits per heavy atom. The Bertz CT molecular complexity index is 925. The van der Waals surface area contributed by atoms with Crippen LogP contribution in [0.15, 0.2) is 28.4 Å². The lowest BCUT2D eigenvalue weighted by Crippen LogP contribution is -2.42. The van der Waals surface area contributed by atoms with Gasteiger partial charge in [-0.2, -0.15) is 0 Å². The Morgan fingerprint density at radius 3 is 2.62 bits per heavy atom. The third-order valence-corrected chi connectivity index (χ3v) is 6.20. The van der Waals surface area contributed by atoms with Gasteiger partial charge in [0, 0.05) is 26.8 Å². The van der Waals surface area contributed by atoms with Crippen LogP contribution in [0.4, 0.5) is 4.79 Å². The Kier molecular flexibility index (Phi) is 6.21. The molecule has 0 aliphatic heterocycles. The van der Waals surface area contributed by atoms with E-state index < -0.39 is 27.2 Å². The first kappa shape index (κ1) is 20.1. The molecule has 2 rings (SSSR count). The molecule has 2 N–H and O–H groups in total. The molecule has 0 saturated heterocycles. The highest BCUT2D eigenvalue weighted by molar-refractivity contribution is 8.00. The average Bonchev–Trinajstić information content (AvgIpc) is 2.97. The molecule has 2 aromatic rings. The number of pyridine rings is 1. The second kappa shape index (κ2) is 8.01. The summed E-state index contributed by atoms with van der Waals surface area (Å²) in [6.07, 6.45) is 1.40. The maximum Gasteiger partial charge on any atom is 0.321 e. The van der Waals surface area contributed by atoms with Gasteiger partial charge in [0.25, 0.3) is 0 Å². The summed E-state index contributed by atoms with van der Waals surface area (Å²) in [5.74, 6) is -0.491. The maximum atomic E-state index is 12.3. The first-order valence-corrected chi connectivity index (χ1v) is 10.0. The van der Waals surface area contributed by atoms with Crippen molar-refractivity contribution < 1.29 is 18.0 Å². The smallest absolute Gasteiger partial charge is 0.321 e. The van der Waals surface area contributed by atoms with Crippen molar-refractivity contribution in [2.75, 3.05) is 20.6 Å². The molecule has 0 aromatic carbocycles. The predicted octanol–water partition coefficient (Wildman–Crippen LogP) is 0.306. The van der Waals surface area contributed by atoms with Crippen LogP contribution >= 0.6 is 11.8 Å². The molecule has 0 fully saturated rings. The summed E-state index contributed by atoms with van der Waals surface area (Å²) in [5, 5.41) is 12.3. The lowest BCUT2D eigenvalue weighted by Gasteiger charge is -2.12. The molecule has 26 heavy (non-hydrogen) atoms. The zero-order valence-corrected chi connectivity index (χ0v) is 16.4. The predicted molar refractivity (Wildman–Crippen MR) is 96.4 cm³/mol. The summed E-state index contributed by atoms with van der Waals surface area (Å²) < 4.78 is 27.2. The van der Waals surface area contributed by atoms with Gasteiger partial charge in [-0.3, -0.25) is 14.5 Å². The van der Waals surface area contributed by atoms with E-state index in [1.54, 1.807) is 13.8 Å². The van der Waals surface area contributed by atoms with Crippen molar-refractivity contribution in [3.63, 3.8) is 0 Å². The number of imide groups is 1. The highest BCUT2D eigenvalue weighted by atomic mass is 32.2. The SMILES string of the molecule is CCNC(=O)NC(=O)[C@@H](C)Sc1nnc2ccc(S(=O)(=O)N(C)C)cn12. The molecule has 1 atom stereocenters. The maximum absolute atomic E-state index is 12.3. The summed E-state index contributed by atoms with van der Waals surface area (Å²) in [5.41, 5.74) is 0.446. The number of hydrogen-bond acceptors (Lipinski definition) is 7. The fourth-order valence-corrected chi connectivity index (χ4v) is 3.65. The van der Waals surface area contributed by atoms with Gasteiger partial charge < -0.3 is 5.32 Å². The Balaban J connectivity index is 2.25. The van der Waals surface area contributed by atoms with E-state index in [1.807, 2.05) is 0 Å². The molecule has 0 bridgehead atoms.